The van der Waals surface area contributed by atoms with Crippen molar-refractivity contribution in [3.05, 3.63) is 53.8 Å². The maximum absolute atomic E-state index is 12.5. The van der Waals surface area contributed by atoms with Gasteiger partial charge in [-0.3, -0.25) is 0 Å². The number of aryl methyl sites for hydroxylation is 1. The number of carbonyl (C=O) groups excluding carboxylic acids is 1. The Kier molecular flexibility index (Phi) is 4.82. The third-order valence-corrected chi connectivity index (χ3v) is 4.21. The molecule has 29 heavy (non-hydrogen) atoms. The average Bonchev–Trinajstić information content (AvgIpc) is 3.35. The van der Waals surface area contributed by atoms with Crippen molar-refractivity contribution < 1.29 is 23.5 Å². The number of rotatable bonds is 6. The molecule has 148 valence electrons. The highest BCUT2D eigenvalue weighted by molar-refractivity contribution is 5.97. The van der Waals surface area contributed by atoms with E-state index in [9.17, 15) is 4.79 Å². The third-order valence-electron chi connectivity index (χ3n) is 4.21. The number of benzene rings is 1. The first kappa shape index (κ1) is 18.4. The maximum Gasteiger partial charge on any atom is 0.344 e. The Labute approximate surface area is 165 Å². The fraction of sp³-hybridized carbons (Fsp3) is 0.211. The van der Waals surface area contributed by atoms with E-state index in [1.54, 1.807) is 57.8 Å². The van der Waals surface area contributed by atoms with Crippen LogP contribution < -0.4 is 9.47 Å². The van der Waals surface area contributed by atoms with Crippen LogP contribution in [-0.2, 0) is 11.3 Å². The molecule has 0 fully saturated rings. The van der Waals surface area contributed by atoms with E-state index in [1.807, 2.05) is 0 Å². The fourth-order valence-corrected chi connectivity index (χ4v) is 2.84. The quantitative estimate of drug-likeness (QED) is 0.454. The molecule has 0 amide bonds. The predicted octanol–water partition coefficient (Wildman–Crippen LogP) is 2.46. The molecule has 4 rings (SSSR count). The molecule has 0 saturated carbocycles. The second-order valence-electron chi connectivity index (χ2n) is 6.01. The van der Waals surface area contributed by atoms with Gasteiger partial charge in [-0.15, -0.1) is 0 Å². The van der Waals surface area contributed by atoms with Crippen molar-refractivity contribution in [2.45, 2.75) is 13.5 Å². The zero-order valence-corrected chi connectivity index (χ0v) is 15.9. The lowest BCUT2D eigenvalue weighted by Crippen LogP contribution is -2.07. The summed E-state index contributed by atoms with van der Waals surface area (Å²) in [6, 6.07) is 6.97. The molecule has 3 aromatic heterocycles. The van der Waals surface area contributed by atoms with Gasteiger partial charge in [-0.05, 0) is 31.2 Å². The van der Waals surface area contributed by atoms with Crippen LogP contribution in [0.1, 0.15) is 21.9 Å². The Morgan fingerprint density at radius 2 is 2.03 bits per heavy atom. The molecule has 0 bridgehead atoms. The Morgan fingerprint density at radius 3 is 2.83 bits per heavy atom. The van der Waals surface area contributed by atoms with Gasteiger partial charge in [0.1, 0.15) is 5.56 Å². The number of carbonyl (C=O) groups is 1. The first-order chi connectivity index (χ1) is 14.1. The van der Waals surface area contributed by atoms with Crippen molar-refractivity contribution in [1.82, 2.24) is 24.7 Å². The van der Waals surface area contributed by atoms with Gasteiger partial charge < -0.3 is 18.7 Å². The van der Waals surface area contributed by atoms with Crippen LogP contribution in [0, 0.1) is 6.92 Å². The third kappa shape index (κ3) is 3.47. The maximum atomic E-state index is 12.5. The van der Waals surface area contributed by atoms with Crippen molar-refractivity contribution in [2.75, 3.05) is 14.2 Å². The van der Waals surface area contributed by atoms with Crippen molar-refractivity contribution in [1.29, 1.82) is 0 Å². The van der Waals surface area contributed by atoms with Crippen LogP contribution in [0.2, 0.25) is 0 Å². The molecule has 0 spiro atoms. The molecule has 0 saturated heterocycles. The Balaban J connectivity index is 1.50. The van der Waals surface area contributed by atoms with Gasteiger partial charge in [-0.1, -0.05) is 5.16 Å². The van der Waals surface area contributed by atoms with Gasteiger partial charge in [0.2, 0.25) is 5.82 Å². The first-order valence-electron chi connectivity index (χ1n) is 8.62. The lowest BCUT2D eigenvalue weighted by atomic mass is 10.2. The number of aromatic nitrogens is 5. The molecule has 0 aliphatic heterocycles. The normalized spacial score (nSPS) is 10.9. The molecule has 3 heterocycles. The number of esters is 1. The standard InChI is InChI=1S/C19H17N5O5/c1-11-16(18-20-7-4-8-24(18)22-11)19(25)28-10-15-21-17(23-29-15)12-5-6-13(26-2)14(9-12)27-3/h4-9H,10H2,1-3H3. The number of hydrogen-bond donors (Lipinski definition) is 0. The van der Waals surface area contributed by atoms with Crippen LogP contribution in [0.5, 0.6) is 11.5 Å². The molecule has 0 aliphatic rings. The van der Waals surface area contributed by atoms with Crippen molar-refractivity contribution in [3.63, 3.8) is 0 Å². The summed E-state index contributed by atoms with van der Waals surface area (Å²) >= 11 is 0. The minimum absolute atomic E-state index is 0.158. The zero-order valence-electron chi connectivity index (χ0n) is 15.9. The van der Waals surface area contributed by atoms with E-state index in [4.69, 9.17) is 18.7 Å². The van der Waals surface area contributed by atoms with Gasteiger partial charge in [0.25, 0.3) is 5.89 Å². The Bertz CT molecular complexity index is 1180. The minimum atomic E-state index is -0.568. The zero-order chi connectivity index (χ0) is 20.4. The largest absolute Gasteiger partial charge is 0.493 e. The van der Waals surface area contributed by atoms with E-state index in [0.717, 1.165) is 0 Å². The second kappa shape index (κ2) is 7.58. The first-order valence-corrected chi connectivity index (χ1v) is 8.62. The summed E-state index contributed by atoms with van der Waals surface area (Å²) in [7, 11) is 3.10. The molecule has 1 aromatic carbocycles. The molecular weight excluding hydrogens is 378 g/mol. The van der Waals surface area contributed by atoms with Gasteiger partial charge in [-0.2, -0.15) is 10.1 Å². The number of methoxy groups -OCH3 is 2. The molecule has 0 radical (unpaired) electrons. The molecule has 0 aliphatic carbocycles. The van der Waals surface area contributed by atoms with Gasteiger partial charge in [-0.25, -0.2) is 14.3 Å². The molecule has 10 nitrogen and oxygen atoms in total. The number of hydrogen-bond acceptors (Lipinski definition) is 9. The van der Waals surface area contributed by atoms with Crippen molar-refractivity contribution in [3.8, 4) is 22.9 Å². The van der Waals surface area contributed by atoms with Gasteiger partial charge in [0.05, 0.1) is 19.9 Å². The Hall–Kier alpha value is -3.95. The molecule has 0 N–H and O–H groups in total. The monoisotopic (exact) mass is 395 g/mol. The lowest BCUT2D eigenvalue weighted by Gasteiger charge is -2.07. The van der Waals surface area contributed by atoms with Crippen molar-refractivity contribution >= 4 is 11.6 Å². The number of ether oxygens (including phenoxy) is 3. The van der Waals surface area contributed by atoms with Gasteiger partial charge in [0, 0.05) is 18.0 Å². The predicted molar refractivity (Wildman–Crippen MR) is 99.7 cm³/mol. The van der Waals surface area contributed by atoms with Crippen LogP contribution in [-0.4, -0.2) is 44.9 Å². The topological polar surface area (TPSA) is 114 Å². The van der Waals surface area contributed by atoms with Crippen LogP contribution in [0.3, 0.4) is 0 Å². The molecule has 0 unspecified atom stereocenters. The summed E-state index contributed by atoms with van der Waals surface area (Å²) in [5.74, 6) is 1.06. The SMILES string of the molecule is COc1ccc(-c2noc(COC(=O)c3c(C)nn4cccnc34)n2)cc1OC. The second-order valence-corrected chi connectivity index (χ2v) is 6.01. The minimum Gasteiger partial charge on any atom is -0.493 e. The highest BCUT2D eigenvalue weighted by atomic mass is 16.6. The van der Waals surface area contributed by atoms with Crippen LogP contribution in [0.25, 0.3) is 17.0 Å². The highest BCUT2D eigenvalue weighted by Gasteiger charge is 2.21. The summed E-state index contributed by atoms with van der Waals surface area (Å²) in [6.45, 7) is 1.54. The molecule has 4 aromatic rings. The van der Waals surface area contributed by atoms with E-state index in [1.165, 1.54) is 4.52 Å². The lowest BCUT2D eigenvalue weighted by molar-refractivity contribution is 0.0431. The highest BCUT2D eigenvalue weighted by Crippen LogP contribution is 2.31. The van der Waals surface area contributed by atoms with Crippen LogP contribution in [0.4, 0.5) is 0 Å². The Morgan fingerprint density at radius 1 is 1.21 bits per heavy atom. The van der Waals surface area contributed by atoms with Gasteiger partial charge in [0.15, 0.2) is 23.8 Å². The van der Waals surface area contributed by atoms with E-state index >= 15 is 0 Å². The van der Waals surface area contributed by atoms with Gasteiger partial charge >= 0.3 is 5.97 Å². The van der Waals surface area contributed by atoms with E-state index in [0.29, 0.717) is 39.8 Å². The molecule has 0 atom stereocenters. The van der Waals surface area contributed by atoms with E-state index < -0.39 is 5.97 Å². The summed E-state index contributed by atoms with van der Waals surface area (Å²) in [6.07, 6.45) is 3.29. The number of fused-ring (bicyclic) bond motifs is 1. The van der Waals surface area contributed by atoms with Crippen molar-refractivity contribution in [2.24, 2.45) is 0 Å². The summed E-state index contributed by atoms with van der Waals surface area (Å²) in [5.41, 5.74) is 1.91. The van der Waals surface area contributed by atoms with Crippen LogP contribution >= 0.6 is 0 Å². The molecule has 10 heteroatoms. The summed E-state index contributed by atoms with van der Waals surface area (Å²) in [5, 5.41) is 8.17. The summed E-state index contributed by atoms with van der Waals surface area (Å²) in [4.78, 5) is 20.9. The number of nitrogens with zero attached hydrogens (tertiary/aromatic N) is 5. The average molecular weight is 395 g/mol. The fourth-order valence-electron chi connectivity index (χ4n) is 2.84. The van der Waals surface area contributed by atoms with E-state index in [-0.39, 0.29) is 12.5 Å². The van der Waals surface area contributed by atoms with Crippen LogP contribution in [0.15, 0.2) is 41.2 Å². The smallest absolute Gasteiger partial charge is 0.344 e. The molecular formula is C19H17N5O5. The van der Waals surface area contributed by atoms with E-state index in [2.05, 4.69) is 20.2 Å². The summed E-state index contributed by atoms with van der Waals surface area (Å²) < 4.78 is 22.5.